The molecule has 142 valence electrons. The number of rotatable bonds is 6. The first-order valence-corrected chi connectivity index (χ1v) is 9.14. The van der Waals surface area contributed by atoms with Gasteiger partial charge in [0.2, 0.25) is 11.8 Å². The van der Waals surface area contributed by atoms with Crippen LogP contribution in [0.1, 0.15) is 12.5 Å². The minimum atomic E-state index is -0.0516. The van der Waals surface area contributed by atoms with Crippen LogP contribution in [0.2, 0.25) is 0 Å². The number of piperazine rings is 1. The molecular weight excluding hydrogens is 342 g/mol. The van der Waals surface area contributed by atoms with E-state index in [-0.39, 0.29) is 11.8 Å². The summed E-state index contributed by atoms with van der Waals surface area (Å²) in [6, 6.07) is 17.4. The zero-order valence-electron chi connectivity index (χ0n) is 15.6. The molecule has 0 atom stereocenters. The number of hydrogen-bond acceptors (Lipinski definition) is 4. The van der Waals surface area contributed by atoms with E-state index in [1.54, 1.807) is 6.92 Å². The topological polar surface area (TPSA) is 61.9 Å². The molecule has 1 aliphatic heterocycles. The second-order valence-electron chi connectivity index (χ2n) is 6.63. The fourth-order valence-corrected chi connectivity index (χ4v) is 3.00. The number of nitrogens with one attached hydrogen (secondary N) is 1. The first kappa shape index (κ1) is 18.9. The molecule has 0 spiro atoms. The molecule has 2 aromatic carbocycles. The Morgan fingerprint density at radius 1 is 0.963 bits per heavy atom. The van der Waals surface area contributed by atoms with Crippen LogP contribution in [0.4, 0.5) is 5.69 Å². The summed E-state index contributed by atoms with van der Waals surface area (Å²) in [6.07, 6.45) is 0. The van der Waals surface area contributed by atoms with Crippen LogP contribution in [0.3, 0.4) is 0 Å². The maximum Gasteiger partial charge on any atom is 0.238 e. The summed E-state index contributed by atoms with van der Waals surface area (Å²) in [4.78, 5) is 27.4. The molecule has 0 saturated carbocycles. The summed E-state index contributed by atoms with van der Waals surface area (Å²) in [7, 11) is 0. The van der Waals surface area contributed by atoms with Gasteiger partial charge in [-0.25, -0.2) is 0 Å². The number of hydrogen-bond donors (Lipinski definition) is 1. The molecule has 0 aromatic heterocycles. The number of anilines is 1. The van der Waals surface area contributed by atoms with Gasteiger partial charge in [-0.15, -0.1) is 0 Å². The molecule has 1 aliphatic rings. The Hall–Kier alpha value is -2.86. The van der Waals surface area contributed by atoms with E-state index in [0.29, 0.717) is 26.2 Å². The quantitative estimate of drug-likeness (QED) is 0.852. The van der Waals surface area contributed by atoms with E-state index < -0.39 is 0 Å². The SMILES string of the molecule is CC(=O)N1CCN(CC(=O)Nc2ccc(OCc3ccccc3)cc2)CC1. The van der Waals surface area contributed by atoms with Crippen molar-refractivity contribution in [2.45, 2.75) is 13.5 Å². The van der Waals surface area contributed by atoms with Gasteiger partial charge < -0.3 is 15.0 Å². The molecule has 2 amide bonds. The van der Waals surface area contributed by atoms with E-state index in [4.69, 9.17) is 4.74 Å². The molecule has 0 unspecified atom stereocenters. The Kier molecular flexibility index (Phi) is 6.44. The average Bonchev–Trinajstić information content (AvgIpc) is 2.68. The zero-order chi connectivity index (χ0) is 19.1. The van der Waals surface area contributed by atoms with Gasteiger partial charge in [0.05, 0.1) is 6.54 Å². The zero-order valence-corrected chi connectivity index (χ0v) is 15.6. The minimum absolute atomic E-state index is 0.0516. The highest BCUT2D eigenvalue weighted by molar-refractivity contribution is 5.92. The molecular formula is C21H25N3O3. The van der Waals surface area contributed by atoms with Gasteiger partial charge >= 0.3 is 0 Å². The third-order valence-corrected chi connectivity index (χ3v) is 4.57. The lowest BCUT2D eigenvalue weighted by Gasteiger charge is -2.33. The second kappa shape index (κ2) is 9.19. The van der Waals surface area contributed by atoms with Gasteiger partial charge in [-0.05, 0) is 29.8 Å². The van der Waals surface area contributed by atoms with E-state index in [0.717, 1.165) is 30.1 Å². The molecule has 1 fully saturated rings. The summed E-state index contributed by atoms with van der Waals surface area (Å²) in [6.45, 7) is 5.22. The fourth-order valence-electron chi connectivity index (χ4n) is 3.00. The molecule has 0 bridgehead atoms. The lowest BCUT2D eigenvalue weighted by atomic mass is 10.2. The summed E-state index contributed by atoms with van der Waals surface area (Å²) in [5.41, 5.74) is 1.86. The summed E-state index contributed by atoms with van der Waals surface area (Å²) >= 11 is 0. The maximum atomic E-state index is 12.2. The molecule has 0 aliphatic carbocycles. The normalized spacial score (nSPS) is 14.6. The van der Waals surface area contributed by atoms with Crippen molar-refractivity contribution in [1.82, 2.24) is 9.80 Å². The number of carbonyl (C=O) groups excluding carboxylic acids is 2. The Morgan fingerprint density at radius 2 is 1.63 bits per heavy atom. The Labute approximate surface area is 159 Å². The van der Waals surface area contributed by atoms with Gasteiger partial charge in [0.15, 0.2) is 0 Å². The van der Waals surface area contributed by atoms with Crippen LogP contribution in [-0.4, -0.2) is 54.3 Å². The van der Waals surface area contributed by atoms with Crippen LogP contribution in [0.5, 0.6) is 5.75 Å². The summed E-state index contributed by atoms with van der Waals surface area (Å²) < 4.78 is 5.75. The Morgan fingerprint density at radius 3 is 2.26 bits per heavy atom. The molecule has 0 radical (unpaired) electrons. The van der Waals surface area contributed by atoms with Gasteiger partial charge in [0.1, 0.15) is 12.4 Å². The molecule has 1 heterocycles. The van der Waals surface area contributed by atoms with Crippen LogP contribution >= 0.6 is 0 Å². The van der Waals surface area contributed by atoms with E-state index in [1.165, 1.54) is 0 Å². The van der Waals surface area contributed by atoms with Crippen LogP contribution < -0.4 is 10.1 Å². The van der Waals surface area contributed by atoms with Crippen molar-refractivity contribution >= 4 is 17.5 Å². The monoisotopic (exact) mass is 367 g/mol. The molecule has 1 N–H and O–H groups in total. The van der Waals surface area contributed by atoms with Gasteiger partial charge in [-0.2, -0.15) is 0 Å². The van der Waals surface area contributed by atoms with Crippen molar-refractivity contribution < 1.29 is 14.3 Å². The molecule has 6 nitrogen and oxygen atoms in total. The third-order valence-electron chi connectivity index (χ3n) is 4.57. The van der Waals surface area contributed by atoms with Crippen LogP contribution in [-0.2, 0) is 16.2 Å². The van der Waals surface area contributed by atoms with Crippen molar-refractivity contribution in [2.24, 2.45) is 0 Å². The Bertz CT molecular complexity index is 754. The van der Waals surface area contributed by atoms with Gasteiger partial charge in [-0.1, -0.05) is 30.3 Å². The van der Waals surface area contributed by atoms with Gasteiger partial charge in [0.25, 0.3) is 0 Å². The summed E-state index contributed by atoms with van der Waals surface area (Å²) in [5.74, 6) is 0.801. The standard InChI is InChI=1S/C21H25N3O3/c1-17(25)24-13-11-23(12-14-24)15-21(26)22-19-7-9-20(10-8-19)27-16-18-5-3-2-4-6-18/h2-10H,11-16H2,1H3,(H,22,26). The molecule has 3 rings (SSSR count). The molecule has 27 heavy (non-hydrogen) atoms. The van der Waals surface area contributed by atoms with Crippen molar-refractivity contribution in [3.8, 4) is 5.75 Å². The second-order valence-corrected chi connectivity index (χ2v) is 6.63. The van der Waals surface area contributed by atoms with Crippen LogP contribution in [0, 0.1) is 0 Å². The van der Waals surface area contributed by atoms with E-state index in [1.807, 2.05) is 59.5 Å². The number of amides is 2. The first-order valence-electron chi connectivity index (χ1n) is 9.14. The van der Waals surface area contributed by atoms with Crippen LogP contribution in [0.15, 0.2) is 54.6 Å². The first-order chi connectivity index (χ1) is 13.1. The smallest absolute Gasteiger partial charge is 0.238 e. The van der Waals surface area contributed by atoms with Crippen molar-refractivity contribution in [3.63, 3.8) is 0 Å². The maximum absolute atomic E-state index is 12.2. The van der Waals surface area contributed by atoms with Crippen molar-refractivity contribution in [1.29, 1.82) is 0 Å². The lowest BCUT2D eigenvalue weighted by molar-refractivity contribution is -0.130. The van der Waals surface area contributed by atoms with E-state index >= 15 is 0 Å². The highest BCUT2D eigenvalue weighted by Gasteiger charge is 2.20. The van der Waals surface area contributed by atoms with Gasteiger partial charge in [0, 0.05) is 38.8 Å². The van der Waals surface area contributed by atoms with Gasteiger partial charge in [-0.3, -0.25) is 14.5 Å². The van der Waals surface area contributed by atoms with E-state index in [2.05, 4.69) is 10.2 Å². The third kappa shape index (κ3) is 5.82. The van der Waals surface area contributed by atoms with Crippen molar-refractivity contribution in [3.05, 3.63) is 60.2 Å². The number of carbonyl (C=O) groups is 2. The predicted molar refractivity (Wildman–Crippen MR) is 105 cm³/mol. The molecule has 1 saturated heterocycles. The largest absolute Gasteiger partial charge is 0.489 e. The lowest BCUT2D eigenvalue weighted by Crippen LogP contribution is -2.49. The fraction of sp³-hybridized carbons (Fsp3) is 0.333. The van der Waals surface area contributed by atoms with Crippen LogP contribution in [0.25, 0.3) is 0 Å². The number of nitrogens with zero attached hydrogens (tertiary/aromatic N) is 2. The summed E-state index contributed by atoms with van der Waals surface area (Å²) in [5, 5.41) is 2.91. The van der Waals surface area contributed by atoms with E-state index in [9.17, 15) is 9.59 Å². The van der Waals surface area contributed by atoms with Crippen molar-refractivity contribution in [2.75, 3.05) is 38.0 Å². The minimum Gasteiger partial charge on any atom is -0.489 e. The predicted octanol–water partition coefficient (Wildman–Crippen LogP) is 2.37. The highest BCUT2D eigenvalue weighted by atomic mass is 16.5. The molecule has 2 aromatic rings. The Balaban J connectivity index is 1.42. The average molecular weight is 367 g/mol. The highest BCUT2D eigenvalue weighted by Crippen LogP contribution is 2.17. The number of benzene rings is 2. The number of ether oxygens (including phenoxy) is 1. The molecule has 6 heteroatoms.